The molecular weight excluding hydrogens is 280 g/mol. The van der Waals surface area contributed by atoms with Gasteiger partial charge in [0, 0.05) is 13.5 Å². The highest BCUT2D eigenvalue weighted by Crippen LogP contribution is 2.17. The molecule has 0 spiro atoms. The van der Waals surface area contributed by atoms with Crippen molar-refractivity contribution >= 4 is 5.91 Å². The second-order valence-corrected chi connectivity index (χ2v) is 5.60. The Labute approximate surface area is 130 Å². The standard InChI is InChI=1S/C16H22N4O2/c1-11-5-7-13(8-6-11)14(20(3)4)10-17-16(21)9-15-18-12(2)22-19-15/h5-8,14H,9-10H2,1-4H3,(H,17,21). The number of likely N-dealkylation sites (N-methyl/N-ethyl adjacent to an activating group) is 1. The highest BCUT2D eigenvalue weighted by Gasteiger charge is 2.16. The lowest BCUT2D eigenvalue weighted by Crippen LogP contribution is -2.35. The molecule has 0 saturated heterocycles. The van der Waals surface area contributed by atoms with Crippen LogP contribution < -0.4 is 5.32 Å². The maximum Gasteiger partial charge on any atom is 0.227 e. The number of rotatable bonds is 6. The number of aromatic nitrogens is 2. The van der Waals surface area contributed by atoms with Crippen LogP contribution in [0.4, 0.5) is 0 Å². The minimum Gasteiger partial charge on any atom is -0.354 e. The smallest absolute Gasteiger partial charge is 0.227 e. The zero-order valence-electron chi connectivity index (χ0n) is 13.5. The summed E-state index contributed by atoms with van der Waals surface area (Å²) in [6.45, 7) is 4.29. The molecule has 1 atom stereocenters. The molecule has 0 aliphatic carbocycles. The predicted octanol–water partition coefficient (Wildman–Crippen LogP) is 1.65. The van der Waals surface area contributed by atoms with E-state index in [1.807, 2.05) is 14.1 Å². The van der Waals surface area contributed by atoms with Crippen LogP contribution >= 0.6 is 0 Å². The summed E-state index contributed by atoms with van der Waals surface area (Å²) >= 11 is 0. The van der Waals surface area contributed by atoms with E-state index in [9.17, 15) is 4.79 Å². The van der Waals surface area contributed by atoms with Crippen molar-refractivity contribution in [1.29, 1.82) is 0 Å². The fraction of sp³-hybridized carbons (Fsp3) is 0.438. The number of benzene rings is 1. The number of carbonyl (C=O) groups is 1. The van der Waals surface area contributed by atoms with Crippen molar-refractivity contribution in [1.82, 2.24) is 20.4 Å². The van der Waals surface area contributed by atoms with Gasteiger partial charge in [0.15, 0.2) is 5.82 Å². The van der Waals surface area contributed by atoms with Crippen molar-refractivity contribution < 1.29 is 9.32 Å². The molecule has 6 nitrogen and oxygen atoms in total. The van der Waals surface area contributed by atoms with E-state index in [2.05, 4.69) is 51.5 Å². The largest absolute Gasteiger partial charge is 0.354 e. The molecule has 1 aromatic heterocycles. The van der Waals surface area contributed by atoms with Gasteiger partial charge in [-0.05, 0) is 26.6 Å². The van der Waals surface area contributed by atoms with E-state index in [-0.39, 0.29) is 18.4 Å². The maximum absolute atomic E-state index is 12.0. The molecule has 1 heterocycles. The van der Waals surface area contributed by atoms with Crippen LogP contribution in [0.2, 0.25) is 0 Å². The van der Waals surface area contributed by atoms with E-state index in [0.29, 0.717) is 18.3 Å². The number of aryl methyl sites for hydroxylation is 2. The summed E-state index contributed by atoms with van der Waals surface area (Å²) in [7, 11) is 4.00. The fourth-order valence-corrected chi connectivity index (χ4v) is 2.22. The van der Waals surface area contributed by atoms with Gasteiger partial charge >= 0.3 is 0 Å². The zero-order valence-corrected chi connectivity index (χ0v) is 13.5. The van der Waals surface area contributed by atoms with Gasteiger partial charge in [0.05, 0.1) is 12.5 Å². The first-order valence-electron chi connectivity index (χ1n) is 7.24. The summed E-state index contributed by atoms with van der Waals surface area (Å²) in [5.74, 6) is 0.764. The average molecular weight is 302 g/mol. The lowest BCUT2D eigenvalue weighted by molar-refractivity contribution is -0.120. The van der Waals surface area contributed by atoms with Gasteiger partial charge < -0.3 is 14.7 Å². The van der Waals surface area contributed by atoms with Crippen LogP contribution in [0.25, 0.3) is 0 Å². The predicted molar refractivity (Wildman–Crippen MR) is 83.4 cm³/mol. The van der Waals surface area contributed by atoms with Crippen molar-refractivity contribution in [2.75, 3.05) is 20.6 Å². The van der Waals surface area contributed by atoms with Crippen molar-refractivity contribution in [3.8, 4) is 0 Å². The van der Waals surface area contributed by atoms with Gasteiger partial charge in [0.2, 0.25) is 11.8 Å². The normalized spacial score (nSPS) is 12.4. The lowest BCUT2D eigenvalue weighted by atomic mass is 10.0. The Morgan fingerprint density at radius 3 is 2.50 bits per heavy atom. The van der Waals surface area contributed by atoms with E-state index >= 15 is 0 Å². The molecule has 0 radical (unpaired) electrons. The molecule has 1 unspecified atom stereocenters. The summed E-state index contributed by atoms with van der Waals surface area (Å²) in [5, 5.41) is 6.66. The molecule has 0 fully saturated rings. The highest BCUT2D eigenvalue weighted by molar-refractivity contribution is 5.77. The summed E-state index contributed by atoms with van der Waals surface area (Å²) in [4.78, 5) is 18.1. The van der Waals surface area contributed by atoms with E-state index in [1.54, 1.807) is 6.92 Å². The number of amides is 1. The van der Waals surface area contributed by atoms with Crippen molar-refractivity contribution in [2.45, 2.75) is 26.3 Å². The molecule has 6 heteroatoms. The number of hydrogen-bond donors (Lipinski definition) is 1. The summed E-state index contributed by atoms with van der Waals surface area (Å²) in [6, 6.07) is 8.46. The fourth-order valence-electron chi connectivity index (χ4n) is 2.22. The third kappa shape index (κ3) is 4.39. The minimum atomic E-state index is -0.111. The molecule has 2 aromatic rings. The summed E-state index contributed by atoms with van der Waals surface area (Å²) in [5.41, 5.74) is 2.39. The van der Waals surface area contributed by atoms with E-state index < -0.39 is 0 Å². The third-order valence-corrected chi connectivity index (χ3v) is 3.47. The first-order chi connectivity index (χ1) is 10.5. The van der Waals surface area contributed by atoms with Gasteiger partial charge in [-0.1, -0.05) is 35.0 Å². The lowest BCUT2D eigenvalue weighted by Gasteiger charge is -2.25. The summed E-state index contributed by atoms with van der Waals surface area (Å²) in [6.07, 6.45) is 0.130. The van der Waals surface area contributed by atoms with E-state index in [0.717, 1.165) is 0 Å². The van der Waals surface area contributed by atoms with Gasteiger partial charge in [-0.3, -0.25) is 4.79 Å². The molecular formula is C16H22N4O2. The molecule has 2 rings (SSSR count). The first-order valence-corrected chi connectivity index (χ1v) is 7.24. The van der Waals surface area contributed by atoms with E-state index in [4.69, 9.17) is 4.52 Å². The topological polar surface area (TPSA) is 71.3 Å². The Balaban J connectivity index is 1.94. The second kappa shape index (κ2) is 7.17. The van der Waals surface area contributed by atoms with Crippen LogP contribution in [0.15, 0.2) is 28.8 Å². The number of nitrogens with one attached hydrogen (secondary N) is 1. The summed E-state index contributed by atoms with van der Waals surface area (Å²) < 4.78 is 4.86. The van der Waals surface area contributed by atoms with Gasteiger partial charge in [-0.15, -0.1) is 0 Å². The van der Waals surface area contributed by atoms with Gasteiger partial charge in [0.1, 0.15) is 0 Å². The molecule has 0 aliphatic heterocycles. The SMILES string of the molecule is Cc1ccc(C(CNC(=O)Cc2noc(C)n2)N(C)C)cc1. The highest BCUT2D eigenvalue weighted by atomic mass is 16.5. The Morgan fingerprint density at radius 1 is 1.27 bits per heavy atom. The molecule has 0 aliphatic rings. The molecule has 118 valence electrons. The average Bonchev–Trinajstić information content (AvgIpc) is 2.86. The Kier molecular flexibility index (Phi) is 5.27. The van der Waals surface area contributed by atoms with E-state index in [1.165, 1.54) is 11.1 Å². The number of hydrogen-bond acceptors (Lipinski definition) is 5. The van der Waals surface area contributed by atoms with Crippen LogP contribution in [0, 0.1) is 13.8 Å². The molecule has 0 saturated carbocycles. The molecule has 1 N–H and O–H groups in total. The van der Waals surface area contributed by atoms with Crippen molar-refractivity contribution in [3.63, 3.8) is 0 Å². The zero-order chi connectivity index (χ0) is 16.1. The molecule has 22 heavy (non-hydrogen) atoms. The first kappa shape index (κ1) is 16.2. The van der Waals surface area contributed by atoms with Crippen LogP contribution in [0.5, 0.6) is 0 Å². The van der Waals surface area contributed by atoms with Crippen molar-refractivity contribution in [2.24, 2.45) is 0 Å². The Morgan fingerprint density at radius 2 is 1.95 bits per heavy atom. The number of carbonyl (C=O) groups excluding carboxylic acids is 1. The number of nitrogens with zero attached hydrogens (tertiary/aromatic N) is 3. The molecule has 1 aromatic carbocycles. The Hall–Kier alpha value is -2.21. The molecule has 1 amide bonds. The third-order valence-electron chi connectivity index (χ3n) is 3.47. The van der Waals surface area contributed by atoms with Crippen LogP contribution in [-0.4, -0.2) is 41.6 Å². The van der Waals surface area contributed by atoms with Crippen LogP contribution in [-0.2, 0) is 11.2 Å². The van der Waals surface area contributed by atoms with Crippen LogP contribution in [0.3, 0.4) is 0 Å². The Bertz CT molecular complexity index is 619. The molecule has 0 bridgehead atoms. The minimum absolute atomic E-state index is 0.111. The maximum atomic E-state index is 12.0. The van der Waals surface area contributed by atoms with Crippen LogP contribution in [0.1, 0.15) is 28.9 Å². The monoisotopic (exact) mass is 302 g/mol. The second-order valence-electron chi connectivity index (χ2n) is 5.60. The van der Waals surface area contributed by atoms with Crippen molar-refractivity contribution in [3.05, 3.63) is 47.1 Å². The van der Waals surface area contributed by atoms with Gasteiger partial charge in [0.25, 0.3) is 0 Å². The quantitative estimate of drug-likeness (QED) is 0.878. The van der Waals surface area contributed by atoms with Gasteiger partial charge in [-0.2, -0.15) is 4.98 Å². The van der Waals surface area contributed by atoms with Gasteiger partial charge in [-0.25, -0.2) is 0 Å².